The van der Waals surface area contributed by atoms with Gasteiger partial charge in [0.15, 0.2) is 9.84 Å². The molecule has 1 rings (SSSR count). The standard InChI is InChI=1S/C9H18N2O2S/c1-7(2)9(10)11-8-4-3-5-14(12,13)6-8/h7-8H,3-6H2,1-2H3,(H2,10,11). The zero-order chi connectivity index (χ0) is 10.8. The smallest absolute Gasteiger partial charge is 0.152 e. The minimum absolute atomic E-state index is 0.115. The quantitative estimate of drug-likeness (QED) is 0.544. The van der Waals surface area contributed by atoms with E-state index in [-0.39, 0.29) is 17.7 Å². The van der Waals surface area contributed by atoms with Crippen molar-refractivity contribution in [2.45, 2.75) is 32.7 Å². The fourth-order valence-electron chi connectivity index (χ4n) is 1.46. The van der Waals surface area contributed by atoms with E-state index in [0.29, 0.717) is 18.0 Å². The molecule has 1 unspecified atom stereocenters. The van der Waals surface area contributed by atoms with Crippen LogP contribution in [0.1, 0.15) is 26.7 Å². The van der Waals surface area contributed by atoms with Crippen LogP contribution in [0.4, 0.5) is 0 Å². The third-order valence-electron chi connectivity index (χ3n) is 2.36. The molecule has 2 N–H and O–H groups in total. The van der Waals surface area contributed by atoms with Crippen molar-refractivity contribution in [2.75, 3.05) is 11.5 Å². The van der Waals surface area contributed by atoms with Crippen molar-refractivity contribution in [3.8, 4) is 0 Å². The van der Waals surface area contributed by atoms with Crippen LogP contribution in [0.5, 0.6) is 0 Å². The first-order valence-corrected chi connectivity index (χ1v) is 6.76. The minimum Gasteiger partial charge on any atom is -0.387 e. The molecule has 4 nitrogen and oxygen atoms in total. The van der Waals surface area contributed by atoms with Crippen molar-refractivity contribution in [1.29, 1.82) is 0 Å². The molecule has 0 saturated carbocycles. The van der Waals surface area contributed by atoms with Gasteiger partial charge in [-0.25, -0.2) is 8.42 Å². The Morgan fingerprint density at radius 3 is 2.64 bits per heavy atom. The summed E-state index contributed by atoms with van der Waals surface area (Å²) >= 11 is 0. The second-order valence-corrected chi connectivity index (χ2v) is 6.35. The lowest BCUT2D eigenvalue weighted by molar-refractivity contribution is 0.551. The number of nitrogens with two attached hydrogens (primary N) is 1. The van der Waals surface area contributed by atoms with Crippen molar-refractivity contribution >= 4 is 15.7 Å². The van der Waals surface area contributed by atoms with Gasteiger partial charge in [0.2, 0.25) is 0 Å². The van der Waals surface area contributed by atoms with Gasteiger partial charge in [0.05, 0.1) is 23.4 Å². The van der Waals surface area contributed by atoms with Crippen LogP contribution in [0.15, 0.2) is 4.99 Å². The van der Waals surface area contributed by atoms with Crippen LogP contribution in [0.3, 0.4) is 0 Å². The average Bonchev–Trinajstić information content (AvgIpc) is 2.01. The molecule has 1 saturated heterocycles. The van der Waals surface area contributed by atoms with Gasteiger partial charge in [-0.3, -0.25) is 4.99 Å². The largest absolute Gasteiger partial charge is 0.387 e. The molecule has 0 aromatic rings. The number of rotatable bonds is 2. The Kier molecular flexibility index (Phi) is 3.53. The topological polar surface area (TPSA) is 72.5 Å². The normalized spacial score (nSPS) is 27.9. The Bertz CT molecular complexity index is 320. The van der Waals surface area contributed by atoms with Crippen molar-refractivity contribution in [3.05, 3.63) is 0 Å². The van der Waals surface area contributed by atoms with Gasteiger partial charge in [-0.1, -0.05) is 13.8 Å². The molecular weight excluding hydrogens is 200 g/mol. The van der Waals surface area contributed by atoms with Crippen LogP contribution in [0.2, 0.25) is 0 Å². The summed E-state index contributed by atoms with van der Waals surface area (Å²) in [5.41, 5.74) is 5.69. The van der Waals surface area contributed by atoms with E-state index in [9.17, 15) is 8.42 Å². The van der Waals surface area contributed by atoms with Gasteiger partial charge in [0.1, 0.15) is 0 Å². The molecule has 14 heavy (non-hydrogen) atoms. The maximum Gasteiger partial charge on any atom is 0.152 e. The molecule has 0 aromatic heterocycles. The number of amidine groups is 1. The van der Waals surface area contributed by atoms with Crippen molar-refractivity contribution in [3.63, 3.8) is 0 Å². The molecule has 0 spiro atoms. The first kappa shape index (κ1) is 11.5. The molecular formula is C9H18N2O2S. The number of hydrogen-bond donors (Lipinski definition) is 1. The lowest BCUT2D eigenvalue weighted by atomic mass is 10.1. The third-order valence-corrected chi connectivity index (χ3v) is 4.17. The summed E-state index contributed by atoms with van der Waals surface area (Å²) < 4.78 is 22.6. The first-order chi connectivity index (χ1) is 6.41. The summed E-state index contributed by atoms with van der Waals surface area (Å²) in [6, 6.07) is -0.115. The van der Waals surface area contributed by atoms with Crippen LogP contribution in [0, 0.1) is 5.92 Å². The predicted molar refractivity (Wildman–Crippen MR) is 58.1 cm³/mol. The van der Waals surface area contributed by atoms with E-state index in [1.165, 1.54) is 0 Å². The van der Waals surface area contributed by atoms with Crippen LogP contribution < -0.4 is 5.73 Å². The van der Waals surface area contributed by atoms with E-state index in [1.54, 1.807) is 0 Å². The van der Waals surface area contributed by atoms with E-state index in [0.717, 1.165) is 6.42 Å². The maximum absolute atomic E-state index is 11.3. The predicted octanol–water partition coefficient (Wildman–Crippen LogP) is 0.577. The second kappa shape index (κ2) is 4.29. The van der Waals surface area contributed by atoms with E-state index < -0.39 is 9.84 Å². The van der Waals surface area contributed by atoms with E-state index in [4.69, 9.17) is 5.73 Å². The second-order valence-electron chi connectivity index (χ2n) is 4.12. The van der Waals surface area contributed by atoms with Crippen LogP contribution >= 0.6 is 0 Å². The van der Waals surface area contributed by atoms with Gasteiger partial charge in [0.25, 0.3) is 0 Å². The Labute approximate surface area is 85.5 Å². The molecule has 1 atom stereocenters. The molecule has 0 aromatic carbocycles. The summed E-state index contributed by atoms with van der Waals surface area (Å²) in [7, 11) is -2.87. The molecule has 1 aliphatic rings. The Morgan fingerprint density at radius 1 is 1.50 bits per heavy atom. The van der Waals surface area contributed by atoms with Gasteiger partial charge in [-0.15, -0.1) is 0 Å². The Morgan fingerprint density at radius 2 is 2.14 bits per heavy atom. The lowest BCUT2D eigenvalue weighted by Crippen LogP contribution is -2.31. The fraction of sp³-hybridized carbons (Fsp3) is 0.889. The molecule has 1 heterocycles. The van der Waals surface area contributed by atoms with Gasteiger partial charge in [0, 0.05) is 5.92 Å². The highest BCUT2D eigenvalue weighted by atomic mass is 32.2. The molecule has 5 heteroatoms. The highest BCUT2D eigenvalue weighted by molar-refractivity contribution is 7.91. The molecule has 0 radical (unpaired) electrons. The lowest BCUT2D eigenvalue weighted by Gasteiger charge is -2.19. The summed E-state index contributed by atoms with van der Waals surface area (Å²) in [5, 5.41) is 0. The zero-order valence-electron chi connectivity index (χ0n) is 8.73. The Balaban J connectivity index is 2.67. The van der Waals surface area contributed by atoms with E-state index in [2.05, 4.69) is 4.99 Å². The highest BCUT2D eigenvalue weighted by Crippen LogP contribution is 2.15. The fourth-order valence-corrected chi connectivity index (χ4v) is 3.06. The average molecular weight is 218 g/mol. The molecule has 0 amide bonds. The number of aliphatic imine (C=N–C) groups is 1. The van der Waals surface area contributed by atoms with Crippen molar-refractivity contribution in [2.24, 2.45) is 16.6 Å². The SMILES string of the molecule is CC(C)C(N)=NC1CCCS(=O)(=O)C1. The van der Waals surface area contributed by atoms with Crippen molar-refractivity contribution in [1.82, 2.24) is 0 Å². The monoisotopic (exact) mass is 218 g/mol. The maximum atomic E-state index is 11.3. The van der Waals surface area contributed by atoms with Crippen LogP contribution in [0.25, 0.3) is 0 Å². The summed E-state index contributed by atoms with van der Waals surface area (Å²) in [6.07, 6.45) is 1.55. The zero-order valence-corrected chi connectivity index (χ0v) is 9.55. The van der Waals surface area contributed by atoms with E-state index >= 15 is 0 Å². The summed E-state index contributed by atoms with van der Waals surface area (Å²) in [4.78, 5) is 4.25. The van der Waals surface area contributed by atoms with Gasteiger partial charge in [-0.05, 0) is 12.8 Å². The van der Waals surface area contributed by atoms with Gasteiger partial charge < -0.3 is 5.73 Å². The number of nitrogens with zero attached hydrogens (tertiary/aromatic N) is 1. The summed E-state index contributed by atoms with van der Waals surface area (Å²) in [6.45, 7) is 3.91. The molecule has 1 aliphatic heterocycles. The van der Waals surface area contributed by atoms with E-state index in [1.807, 2.05) is 13.8 Å². The molecule has 0 bridgehead atoms. The highest BCUT2D eigenvalue weighted by Gasteiger charge is 2.24. The first-order valence-electron chi connectivity index (χ1n) is 4.94. The Hall–Kier alpha value is -0.580. The number of hydrogen-bond acceptors (Lipinski definition) is 3. The molecule has 0 aliphatic carbocycles. The third kappa shape index (κ3) is 3.29. The van der Waals surface area contributed by atoms with Crippen LogP contribution in [-0.4, -0.2) is 31.8 Å². The van der Waals surface area contributed by atoms with Gasteiger partial charge in [-0.2, -0.15) is 0 Å². The van der Waals surface area contributed by atoms with Gasteiger partial charge >= 0.3 is 0 Å². The molecule has 1 fully saturated rings. The minimum atomic E-state index is -2.87. The van der Waals surface area contributed by atoms with Crippen LogP contribution in [-0.2, 0) is 9.84 Å². The van der Waals surface area contributed by atoms with Crippen molar-refractivity contribution < 1.29 is 8.42 Å². The number of sulfone groups is 1. The molecule has 82 valence electrons. The summed E-state index contributed by atoms with van der Waals surface area (Å²) in [5.74, 6) is 1.23.